The molecule has 148 valence electrons. The normalized spacial score (nSPS) is 25.9. The Morgan fingerprint density at radius 3 is 2.54 bits per heavy atom. The Bertz CT molecular complexity index is 878. The molecule has 0 spiro atoms. The van der Waals surface area contributed by atoms with E-state index < -0.39 is 0 Å². The first-order valence-electron chi connectivity index (χ1n) is 10.8. The lowest BCUT2D eigenvalue weighted by molar-refractivity contribution is 0.565. The fourth-order valence-corrected chi connectivity index (χ4v) is 4.99. The molecule has 2 atom stereocenters. The molecule has 0 aromatic heterocycles. The summed E-state index contributed by atoms with van der Waals surface area (Å²) in [4.78, 5) is 0. The highest BCUT2D eigenvalue weighted by molar-refractivity contribution is 5.77. The van der Waals surface area contributed by atoms with Crippen molar-refractivity contribution >= 4 is 5.57 Å². The minimum absolute atomic E-state index is 0.449. The van der Waals surface area contributed by atoms with Gasteiger partial charge in [-0.25, -0.2) is 0 Å². The highest BCUT2D eigenvalue weighted by Gasteiger charge is 2.29. The summed E-state index contributed by atoms with van der Waals surface area (Å²) < 4.78 is 0. The number of benzene rings is 1. The van der Waals surface area contributed by atoms with Gasteiger partial charge in [0.1, 0.15) is 0 Å². The molecule has 3 rings (SSSR count). The number of rotatable bonds is 2. The van der Waals surface area contributed by atoms with Crippen LogP contribution in [0, 0.1) is 17.8 Å². The van der Waals surface area contributed by atoms with E-state index in [0.29, 0.717) is 17.8 Å². The van der Waals surface area contributed by atoms with Crippen molar-refractivity contribution in [2.24, 2.45) is 17.8 Å². The molecule has 0 saturated heterocycles. The number of fused-ring (bicyclic) bond motifs is 2. The Balaban J connectivity index is 2.21. The van der Waals surface area contributed by atoms with Crippen LogP contribution in [-0.4, -0.2) is 0 Å². The van der Waals surface area contributed by atoms with Gasteiger partial charge in [-0.05, 0) is 96.8 Å². The predicted molar refractivity (Wildman–Crippen MR) is 124 cm³/mol. The maximum atomic E-state index is 4.45. The zero-order valence-corrected chi connectivity index (χ0v) is 18.6. The van der Waals surface area contributed by atoms with Gasteiger partial charge in [-0.15, -0.1) is 0 Å². The summed E-state index contributed by atoms with van der Waals surface area (Å²) in [6.07, 6.45) is 10.6. The first-order valence-corrected chi connectivity index (χ1v) is 10.8. The van der Waals surface area contributed by atoms with Crippen molar-refractivity contribution in [3.05, 3.63) is 88.1 Å². The first kappa shape index (κ1) is 20.6. The smallest absolute Gasteiger partial charge is 0.000507 e. The van der Waals surface area contributed by atoms with Crippen molar-refractivity contribution in [2.75, 3.05) is 0 Å². The molecule has 0 radical (unpaired) electrons. The monoisotopic (exact) mass is 372 g/mol. The lowest BCUT2D eigenvalue weighted by atomic mass is 9.74. The van der Waals surface area contributed by atoms with Crippen LogP contribution in [-0.2, 0) is 6.42 Å². The van der Waals surface area contributed by atoms with Crippen molar-refractivity contribution in [1.29, 1.82) is 0 Å². The maximum Gasteiger partial charge on any atom is -0.000507 e. The summed E-state index contributed by atoms with van der Waals surface area (Å²) in [5.41, 5.74) is 11.5. The fourth-order valence-electron chi connectivity index (χ4n) is 4.99. The molecule has 0 N–H and O–H groups in total. The molecule has 0 saturated carbocycles. The minimum atomic E-state index is 0.449. The van der Waals surface area contributed by atoms with Crippen LogP contribution in [0.15, 0.2) is 76.9 Å². The van der Waals surface area contributed by atoms with E-state index in [2.05, 4.69) is 90.6 Å². The van der Waals surface area contributed by atoms with Crippen molar-refractivity contribution in [1.82, 2.24) is 0 Å². The molecule has 0 heteroatoms. The van der Waals surface area contributed by atoms with Gasteiger partial charge in [-0.1, -0.05) is 75.4 Å². The van der Waals surface area contributed by atoms with Crippen molar-refractivity contribution in [3.63, 3.8) is 0 Å². The maximum absolute atomic E-state index is 4.45. The molecule has 0 amide bonds. The second-order valence-electron chi connectivity index (χ2n) is 9.19. The molecule has 1 aromatic rings. The Morgan fingerprint density at radius 2 is 1.89 bits per heavy atom. The summed E-state index contributed by atoms with van der Waals surface area (Å²) in [7, 11) is 0. The summed E-state index contributed by atoms with van der Waals surface area (Å²) in [5.74, 6) is 1.61. The van der Waals surface area contributed by atoms with E-state index >= 15 is 0 Å². The highest BCUT2D eigenvalue weighted by Crippen LogP contribution is 2.43. The molecule has 2 aliphatic carbocycles. The molecule has 1 aromatic carbocycles. The molecule has 28 heavy (non-hydrogen) atoms. The van der Waals surface area contributed by atoms with Crippen molar-refractivity contribution < 1.29 is 0 Å². The molecular weight excluding hydrogens is 336 g/mol. The van der Waals surface area contributed by atoms with Gasteiger partial charge in [0, 0.05) is 0 Å². The van der Waals surface area contributed by atoms with Crippen LogP contribution in [0.5, 0.6) is 0 Å². The average Bonchev–Trinajstić information content (AvgIpc) is 2.76. The van der Waals surface area contributed by atoms with Crippen LogP contribution >= 0.6 is 0 Å². The average molecular weight is 373 g/mol. The molecular formula is C28H36. The lowest BCUT2D eigenvalue weighted by Crippen LogP contribution is -2.18. The SMILES string of the molecule is C=C1C=C2/C(CC(C)C)=C\C(C)/C(=C/C)C(=C(C)C)C[C@H]2Cc2ccccc21. The van der Waals surface area contributed by atoms with E-state index in [1.807, 2.05) is 0 Å². The van der Waals surface area contributed by atoms with E-state index in [1.165, 1.54) is 39.0 Å². The van der Waals surface area contributed by atoms with Crippen LogP contribution in [0.4, 0.5) is 0 Å². The second-order valence-corrected chi connectivity index (χ2v) is 9.19. The summed E-state index contributed by atoms with van der Waals surface area (Å²) in [5, 5.41) is 0. The third kappa shape index (κ3) is 4.17. The molecule has 2 aliphatic rings. The van der Waals surface area contributed by atoms with Gasteiger partial charge >= 0.3 is 0 Å². The quantitative estimate of drug-likeness (QED) is 0.492. The van der Waals surface area contributed by atoms with Gasteiger partial charge in [-0.3, -0.25) is 0 Å². The number of hydrogen-bond acceptors (Lipinski definition) is 0. The molecule has 0 nitrogen and oxygen atoms in total. The predicted octanol–water partition coefficient (Wildman–Crippen LogP) is 8.09. The topological polar surface area (TPSA) is 0 Å². The van der Waals surface area contributed by atoms with Crippen molar-refractivity contribution in [3.8, 4) is 0 Å². The Kier molecular flexibility index (Phi) is 6.28. The standard InChI is InChI=1S/C28H36/c1-8-25-20(6)14-23(13-18(2)3)28-15-21(7)26-12-10-9-11-22(26)16-24(28)17-27(25)19(4)5/h8-12,14-15,18,20,24H,7,13,16-17H2,1-6H3/b23-14-,25-8-/t20?,24-/m1/s1. The van der Waals surface area contributed by atoms with E-state index in [9.17, 15) is 0 Å². The Morgan fingerprint density at radius 1 is 1.18 bits per heavy atom. The van der Waals surface area contributed by atoms with E-state index in [0.717, 1.165) is 19.3 Å². The first-order chi connectivity index (χ1) is 13.3. The third-order valence-corrected chi connectivity index (χ3v) is 6.25. The van der Waals surface area contributed by atoms with E-state index in [-0.39, 0.29) is 0 Å². The van der Waals surface area contributed by atoms with Gasteiger partial charge in [0.2, 0.25) is 0 Å². The highest BCUT2D eigenvalue weighted by atomic mass is 14.3. The molecule has 0 aliphatic heterocycles. The minimum Gasteiger partial charge on any atom is -0.0911 e. The molecule has 0 bridgehead atoms. The Hall–Kier alpha value is -2.08. The summed E-state index contributed by atoms with van der Waals surface area (Å²) >= 11 is 0. The van der Waals surface area contributed by atoms with Crippen LogP contribution < -0.4 is 0 Å². The second kappa shape index (κ2) is 8.52. The third-order valence-electron chi connectivity index (χ3n) is 6.25. The summed E-state index contributed by atoms with van der Waals surface area (Å²) in [6.45, 7) is 18.2. The largest absolute Gasteiger partial charge is 0.0911 e. The number of allylic oxidation sites excluding steroid dienone is 9. The van der Waals surface area contributed by atoms with Crippen molar-refractivity contribution in [2.45, 2.75) is 60.8 Å². The van der Waals surface area contributed by atoms with E-state index in [4.69, 9.17) is 0 Å². The van der Waals surface area contributed by atoms with Gasteiger partial charge in [0.05, 0.1) is 0 Å². The molecule has 0 fully saturated rings. The van der Waals surface area contributed by atoms with Gasteiger partial charge in [-0.2, -0.15) is 0 Å². The summed E-state index contributed by atoms with van der Waals surface area (Å²) in [6, 6.07) is 8.85. The van der Waals surface area contributed by atoms with Gasteiger partial charge < -0.3 is 0 Å². The zero-order valence-electron chi connectivity index (χ0n) is 18.6. The molecule has 1 unspecified atom stereocenters. The fraction of sp³-hybridized carbons (Fsp3) is 0.429. The van der Waals surface area contributed by atoms with Gasteiger partial charge in [0.25, 0.3) is 0 Å². The lowest BCUT2D eigenvalue weighted by Gasteiger charge is -2.31. The number of hydrogen-bond donors (Lipinski definition) is 0. The van der Waals surface area contributed by atoms with E-state index in [1.54, 1.807) is 5.57 Å². The Labute approximate surface area is 172 Å². The zero-order chi connectivity index (χ0) is 20.4. The molecule has 0 heterocycles. The van der Waals surface area contributed by atoms with Crippen LogP contribution in [0.25, 0.3) is 5.57 Å². The van der Waals surface area contributed by atoms with Crippen LogP contribution in [0.2, 0.25) is 0 Å². The van der Waals surface area contributed by atoms with Crippen LogP contribution in [0.1, 0.15) is 65.5 Å². The van der Waals surface area contributed by atoms with Gasteiger partial charge in [0.15, 0.2) is 0 Å². The van der Waals surface area contributed by atoms with Crippen LogP contribution in [0.3, 0.4) is 0 Å².